The van der Waals surface area contributed by atoms with Gasteiger partial charge in [0, 0.05) is 19.6 Å². The van der Waals surface area contributed by atoms with E-state index >= 15 is 0 Å². The molecule has 1 aromatic carbocycles. The van der Waals surface area contributed by atoms with Crippen molar-refractivity contribution < 1.29 is 13.2 Å². The Balaban J connectivity index is 1.69. The zero-order chi connectivity index (χ0) is 13.9. The first kappa shape index (κ1) is 12.7. The van der Waals surface area contributed by atoms with Crippen LogP contribution < -0.4 is 0 Å². The average Bonchev–Trinajstić information content (AvgIpc) is 2.82. The summed E-state index contributed by atoms with van der Waals surface area (Å²) in [6, 6.07) is 2.99. The summed E-state index contributed by atoms with van der Waals surface area (Å²) in [5.41, 5.74) is 2.28. The number of benzene rings is 1. The van der Waals surface area contributed by atoms with Crippen LogP contribution in [0.15, 0.2) is 12.1 Å². The average molecular weight is 281 g/mol. The van der Waals surface area contributed by atoms with E-state index in [2.05, 4.69) is 4.90 Å². The third-order valence-electron chi connectivity index (χ3n) is 5.14. The van der Waals surface area contributed by atoms with E-state index in [1.807, 2.05) is 0 Å². The highest BCUT2D eigenvalue weighted by molar-refractivity contribution is 5.45. The number of rotatable bonds is 2. The summed E-state index contributed by atoms with van der Waals surface area (Å²) in [6.45, 7) is 2.47. The standard InChI is InChI=1S/C16H18F3N/c17-16(18,19)15-5-4-10-2-1-3-13(10)14(15)9-20-7-11-6-12(11)8-20/h4-5,11-12H,1-3,6-9H2. The van der Waals surface area contributed by atoms with Gasteiger partial charge in [-0.05, 0) is 60.3 Å². The Labute approximate surface area is 116 Å². The van der Waals surface area contributed by atoms with Crippen LogP contribution in [0.3, 0.4) is 0 Å². The van der Waals surface area contributed by atoms with Gasteiger partial charge in [0.05, 0.1) is 5.56 Å². The number of halogens is 3. The molecule has 0 amide bonds. The van der Waals surface area contributed by atoms with E-state index in [-0.39, 0.29) is 0 Å². The van der Waals surface area contributed by atoms with Crippen molar-refractivity contribution in [2.75, 3.05) is 13.1 Å². The number of fused-ring (bicyclic) bond motifs is 2. The zero-order valence-electron chi connectivity index (χ0n) is 11.3. The molecular weight excluding hydrogens is 263 g/mol. The Morgan fingerprint density at radius 1 is 1.10 bits per heavy atom. The number of hydrogen-bond acceptors (Lipinski definition) is 1. The monoisotopic (exact) mass is 281 g/mol. The van der Waals surface area contributed by atoms with Crippen LogP contribution in [0.5, 0.6) is 0 Å². The van der Waals surface area contributed by atoms with Gasteiger partial charge in [0.2, 0.25) is 0 Å². The van der Waals surface area contributed by atoms with Crippen LogP contribution in [0.2, 0.25) is 0 Å². The SMILES string of the molecule is FC(F)(F)c1ccc2c(c1CN1CC3CC3C1)CCC2. The Morgan fingerprint density at radius 3 is 2.55 bits per heavy atom. The maximum Gasteiger partial charge on any atom is 0.416 e. The summed E-state index contributed by atoms with van der Waals surface area (Å²) in [6.07, 6.45) is -0.193. The predicted molar refractivity (Wildman–Crippen MR) is 70.3 cm³/mol. The van der Waals surface area contributed by atoms with Crippen LogP contribution >= 0.6 is 0 Å². The third kappa shape index (κ3) is 2.05. The molecule has 3 aliphatic rings. The number of nitrogens with zero attached hydrogens (tertiary/aromatic N) is 1. The highest BCUT2D eigenvalue weighted by atomic mass is 19.4. The van der Waals surface area contributed by atoms with Crippen LogP contribution in [0.1, 0.15) is 35.1 Å². The second-order valence-electron chi connectivity index (χ2n) is 6.53. The summed E-state index contributed by atoms with van der Waals surface area (Å²) < 4.78 is 39.8. The van der Waals surface area contributed by atoms with Gasteiger partial charge in [-0.2, -0.15) is 13.2 Å². The zero-order valence-corrected chi connectivity index (χ0v) is 11.3. The Kier molecular flexibility index (Phi) is 2.69. The van der Waals surface area contributed by atoms with Gasteiger partial charge < -0.3 is 0 Å². The minimum Gasteiger partial charge on any atom is -0.298 e. The van der Waals surface area contributed by atoms with Crippen molar-refractivity contribution in [3.63, 3.8) is 0 Å². The number of piperidine rings is 1. The van der Waals surface area contributed by atoms with Gasteiger partial charge in [0.25, 0.3) is 0 Å². The fourth-order valence-corrected chi connectivity index (χ4v) is 4.04. The number of alkyl halides is 3. The van der Waals surface area contributed by atoms with Crippen LogP contribution in [0.4, 0.5) is 13.2 Å². The third-order valence-corrected chi connectivity index (χ3v) is 5.14. The lowest BCUT2D eigenvalue weighted by Crippen LogP contribution is -2.25. The van der Waals surface area contributed by atoms with E-state index in [0.717, 1.165) is 55.3 Å². The van der Waals surface area contributed by atoms with Crippen molar-refractivity contribution in [1.29, 1.82) is 0 Å². The second-order valence-corrected chi connectivity index (χ2v) is 6.53. The smallest absolute Gasteiger partial charge is 0.298 e. The number of aryl methyl sites for hydroxylation is 1. The van der Waals surface area contributed by atoms with Crippen molar-refractivity contribution in [2.24, 2.45) is 11.8 Å². The molecule has 1 saturated carbocycles. The van der Waals surface area contributed by atoms with Gasteiger partial charge in [0.1, 0.15) is 0 Å². The van der Waals surface area contributed by atoms with E-state index < -0.39 is 11.7 Å². The van der Waals surface area contributed by atoms with Crippen molar-refractivity contribution in [3.8, 4) is 0 Å². The number of likely N-dealkylation sites (tertiary alicyclic amines) is 1. The molecule has 0 spiro atoms. The van der Waals surface area contributed by atoms with Gasteiger partial charge in [-0.1, -0.05) is 6.07 Å². The molecule has 2 atom stereocenters. The topological polar surface area (TPSA) is 3.24 Å². The van der Waals surface area contributed by atoms with Gasteiger partial charge in [-0.25, -0.2) is 0 Å². The largest absolute Gasteiger partial charge is 0.416 e. The molecule has 0 bridgehead atoms. The van der Waals surface area contributed by atoms with Crippen molar-refractivity contribution in [2.45, 2.75) is 38.4 Å². The summed E-state index contributed by atoms with van der Waals surface area (Å²) in [5, 5.41) is 0. The minimum atomic E-state index is -4.23. The van der Waals surface area contributed by atoms with E-state index in [1.165, 1.54) is 12.5 Å². The highest BCUT2D eigenvalue weighted by Crippen LogP contribution is 2.46. The predicted octanol–water partition coefficient (Wildman–Crippen LogP) is 3.65. The van der Waals surface area contributed by atoms with E-state index in [4.69, 9.17) is 0 Å². The van der Waals surface area contributed by atoms with Crippen LogP contribution in [-0.2, 0) is 25.6 Å². The van der Waals surface area contributed by atoms with Crippen LogP contribution in [0.25, 0.3) is 0 Å². The summed E-state index contributed by atoms with van der Waals surface area (Å²) in [7, 11) is 0. The Hall–Kier alpha value is -1.03. The van der Waals surface area contributed by atoms with Gasteiger partial charge in [0.15, 0.2) is 0 Å². The molecule has 2 unspecified atom stereocenters. The van der Waals surface area contributed by atoms with Gasteiger partial charge in [-0.3, -0.25) is 4.90 Å². The molecule has 4 heteroatoms. The Bertz CT molecular complexity index is 539. The van der Waals surface area contributed by atoms with Crippen molar-refractivity contribution >= 4 is 0 Å². The maximum absolute atomic E-state index is 13.3. The fourth-order valence-electron chi connectivity index (χ4n) is 4.04. The lowest BCUT2D eigenvalue weighted by molar-refractivity contribution is -0.138. The van der Waals surface area contributed by atoms with E-state index in [1.54, 1.807) is 6.07 Å². The van der Waals surface area contributed by atoms with E-state index in [0.29, 0.717) is 12.1 Å². The molecule has 1 aromatic rings. The van der Waals surface area contributed by atoms with Crippen LogP contribution in [0, 0.1) is 11.8 Å². The molecule has 0 aromatic heterocycles. The minimum absolute atomic E-state index is 0.404. The number of hydrogen-bond donors (Lipinski definition) is 0. The molecule has 1 nitrogen and oxygen atoms in total. The molecule has 108 valence electrons. The molecule has 1 aliphatic heterocycles. The lowest BCUT2D eigenvalue weighted by Gasteiger charge is -2.23. The quantitative estimate of drug-likeness (QED) is 0.800. The molecule has 2 fully saturated rings. The molecule has 4 rings (SSSR count). The molecular formula is C16H18F3N. The van der Waals surface area contributed by atoms with E-state index in [9.17, 15) is 13.2 Å². The fraction of sp³-hybridized carbons (Fsp3) is 0.625. The maximum atomic E-state index is 13.3. The molecule has 20 heavy (non-hydrogen) atoms. The molecule has 1 heterocycles. The second kappa shape index (κ2) is 4.23. The normalized spacial score (nSPS) is 28.6. The summed E-state index contributed by atoms with van der Waals surface area (Å²) in [4.78, 5) is 2.22. The highest BCUT2D eigenvalue weighted by Gasteiger charge is 2.45. The Morgan fingerprint density at radius 2 is 1.85 bits per heavy atom. The molecule has 1 saturated heterocycles. The van der Waals surface area contributed by atoms with Crippen LogP contribution in [-0.4, -0.2) is 18.0 Å². The first-order valence-electron chi connectivity index (χ1n) is 7.45. The summed E-state index contributed by atoms with van der Waals surface area (Å²) >= 11 is 0. The molecule has 0 radical (unpaired) electrons. The first-order valence-corrected chi connectivity index (χ1v) is 7.45. The first-order chi connectivity index (χ1) is 9.52. The molecule has 2 aliphatic carbocycles. The van der Waals surface area contributed by atoms with Crippen molar-refractivity contribution in [3.05, 3.63) is 34.4 Å². The lowest BCUT2D eigenvalue weighted by atomic mass is 9.96. The van der Waals surface area contributed by atoms with Gasteiger partial charge in [-0.15, -0.1) is 0 Å². The molecule has 0 N–H and O–H groups in total. The van der Waals surface area contributed by atoms with Gasteiger partial charge >= 0.3 is 6.18 Å². The van der Waals surface area contributed by atoms with Crippen molar-refractivity contribution in [1.82, 2.24) is 4.90 Å². The summed E-state index contributed by atoms with van der Waals surface area (Å²) in [5.74, 6) is 1.53.